The van der Waals surface area contributed by atoms with Gasteiger partial charge in [0.05, 0.1) is 5.56 Å². The molecule has 0 bridgehead atoms. The minimum atomic E-state index is -1.10. The fraction of sp³-hybridized carbons (Fsp3) is 0.471. The summed E-state index contributed by atoms with van der Waals surface area (Å²) in [7, 11) is 0. The van der Waals surface area contributed by atoms with Gasteiger partial charge >= 0.3 is 6.09 Å². The Bertz CT molecular complexity index is 874. The van der Waals surface area contributed by atoms with Gasteiger partial charge in [0.25, 0.3) is 5.91 Å². The summed E-state index contributed by atoms with van der Waals surface area (Å²) in [6.45, 7) is 4.79. The highest BCUT2D eigenvalue weighted by molar-refractivity contribution is 7.16. The molecule has 1 aliphatic heterocycles. The lowest BCUT2D eigenvalue weighted by atomic mass is 10.2. The van der Waals surface area contributed by atoms with Crippen LogP contribution in [-0.2, 0) is 0 Å². The maximum atomic E-state index is 12.9. The summed E-state index contributed by atoms with van der Waals surface area (Å²) in [4.78, 5) is 29.4. The summed E-state index contributed by atoms with van der Waals surface area (Å²) in [5.41, 5.74) is 1.50. The van der Waals surface area contributed by atoms with Crippen molar-refractivity contribution in [3.05, 3.63) is 22.4 Å². The number of aromatic nitrogens is 3. The number of anilines is 1. The Morgan fingerprint density at radius 1 is 1.43 bits per heavy atom. The molecule has 0 aliphatic carbocycles. The van der Waals surface area contributed by atoms with Crippen LogP contribution in [-0.4, -0.2) is 62.4 Å². The molecule has 1 aliphatic rings. The molecule has 2 amide bonds. The van der Waals surface area contributed by atoms with Crippen molar-refractivity contribution in [2.45, 2.75) is 38.8 Å². The molecule has 3 heterocycles. The van der Waals surface area contributed by atoms with Gasteiger partial charge in [0.15, 0.2) is 5.01 Å². The molecule has 1 atom stereocenters. The standard InChI is InChI=1S/C17H21ClN6O3S/c1-9(2)21-12-6-13(18)19-8-11(12)14-22-23-15(28-14)16(25)24-5-3-4-10(24)7-20-17(26)27/h6,8-10,20H,3-5,7H2,1-2H3,(H,19,21)(H,26,27). The van der Waals surface area contributed by atoms with E-state index in [1.165, 1.54) is 11.3 Å². The van der Waals surface area contributed by atoms with Gasteiger partial charge in [0.2, 0.25) is 5.01 Å². The summed E-state index contributed by atoms with van der Waals surface area (Å²) in [5, 5.41) is 23.9. The minimum Gasteiger partial charge on any atom is -0.465 e. The number of hydrogen-bond donors (Lipinski definition) is 3. The molecule has 1 unspecified atom stereocenters. The lowest BCUT2D eigenvalue weighted by Crippen LogP contribution is -2.42. The summed E-state index contributed by atoms with van der Waals surface area (Å²) in [6.07, 6.45) is 2.09. The van der Waals surface area contributed by atoms with Crippen LogP contribution in [0.2, 0.25) is 5.15 Å². The number of nitrogens with one attached hydrogen (secondary N) is 2. The van der Waals surface area contributed by atoms with E-state index >= 15 is 0 Å². The second-order valence-electron chi connectivity index (χ2n) is 6.74. The van der Waals surface area contributed by atoms with E-state index in [4.69, 9.17) is 16.7 Å². The molecule has 0 saturated carbocycles. The fourth-order valence-corrected chi connectivity index (χ4v) is 4.07. The zero-order chi connectivity index (χ0) is 20.3. The molecule has 9 nitrogen and oxygen atoms in total. The number of halogens is 1. The number of nitrogens with zero attached hydrogens (tertiary/aromatic N) is 4. The van der Waals surface area contributed by atoms with Gasteiger partial charge in [-0.2, -0.15) is 0 Å². The maximum absolute atomic E-state index is 12.9. The highest BCUT2D eigenvalue weighted by Gasteiger charge is 2.31. The molecule has 3 rings (SSSR count). The number of carbonyl (C=O) groups is 2. The first kappa shape index (κ1) is 20.3. The highest BCUT2D eigenvalue weighted by Crippen LogP contribution is 2.32. The largest absolute Gasteiger partial charge is 0.465 e. The first-order chi connectivity index (χ1) is 13.3. The number of carboxylic acid groups (broad SMARTS) is 1. The molecule has 0 aromatic carbocycles. The second kappa shape index (κ2) is 8.70. The van der Waals surface area contributed by atoms with E-state index in [9.17, 15) is 9.59 Å². The maximum Gasteiger partial charge on any atom is 0.404 e. The molecular weight excluding hydrogens is 404 g/mol. The average molecular weight is 425 g/mol. The molecule has 2 aromatic rings. The third kappa shape index (κ3) is 4.68. The Kier molecular flexibility index (Phi) is 6.30. The van der Waals surface area contributed by atoms with E-state index in [-0.39, 0.29) is 29.5 Å². The summed E-state index contributed by atoms with van der Waals surface area (Å²) < 4.78 is 0. The van der Waals surface area contributed by atoms with E-state index < -0.39 is 6.09 Å². The van der Waals surface area contributed by atoms with E-state index in [1.807, 2.05) is 13.8 Å². The SMILES string of the molecule is CC(C)Nc1cc(Cl)ncc1-c1nnc(C(=O)N2CCCC2CNC(=O)O)s1. The molecule has 2 aromatic heterocycles. The van der Waals surface area contributed by atoms with Crippen molar-refractivity contribution in [1.82, 2.24) is 25.4 Å². The average Bonchev–Trinajstić information content (AvgIpc) is 3.28. The van der Waals surface area contributed by atoms with Crippen molar-refractivity contribution in [1.29, 1.82) is 0 Å². The lowest BCUT2D eigenvalue weighted by Gasteiger charge is -2.23. The van der Waals surface area contributed by atoms with Crippen LogP contribution >= 0.6 is 22.9 Å². The number of pyridine rings is 1. The Balaban J connectivity index is 1.80. The van der Waals surface area contributed by atoms with Crippen LogP contribution in [0.1, 0.15) is 36.5 Å². The number of likely N-dealkylation sites (tertiary alicyclic amines) is 1. The second-order valence-corrected chi connectivity index (χ2v) is 8.11. The van der Waals surface area contributed by atoms with Crippen molar-refractivity contribution < 1.29 is 14.7 Å². The molecule has 150 valence electrons. The van der Waals surface area contributed by atoms with Crippen LogP contribution in [0.15, 0.2) is 12.3 Å². The summed E-state index contributed by atoms with van der Waals surface area (Å²) in [5.74, 6) is -0.237. The quantitative estimate of drug-likeness (QED) is 0.609. The number of amides is 2. The smallest absolute Gasteiger partial charge is 0.404 e. The molecule has 3 N–H and O–H groups in total. The zero-order valence-electron chi connectivity index (χ0n) is 15.5. The molecule has 0 spiro atoms. The predicted molar refractivity (Wildman–Crippen MR) is 107 cm³/mol. The van der Waals surface area contributed by atoms with E-state index in [0.29, 0.717) is 16.7 Å². The Morgan fingerprint density at radius 3 is 2.93 bits per heavy atom. The van der Waals surface area contributed by atoms with E-state index in [2.05, 4.69) is 25.8 Å². The summed E-state index contributed by atoms with van der Waals surface area (Å²) >= 11 is 7.19. The van der Waals surface area contributed by atoms with Crippen LogP contribution < -0.4 is 10.6 Å². The molecule has 1 fully saturated rings. The monoisotopic (exact) mass is 424 g/mol. The molecule has 1 saturated heterocycles. The van der Waals surface area contributed by atoms with E-state index in [0.717, 1.165) is 24.1 Å². The van der Waals surface area contributed by atoms with Crippen LogP contribution in [0.4, 0.5) is 10.5 Å². The molecule has 11 heteroatoms. The topological polar surface area (TPSA) is 120 Å². The number of hydrogen-bond acceptors (Lipinski definition) is 7. The van der Waals surface area contributed by atoms with E-state index in [1.54, 1.807) is 17.2 Å². The normalized spacial score (nSPS) is 16.4. The van der Waals surface area contributed by atoms with Crippen LogP contribution in [0.5, 0.6) is 0 Å². The summed E-state index contributed by atoms with van der Waals surface area (Å²) in [6, 6.07) is 1.72. The molecular formula is C17H21ClN6O3S. The van der Waals surface area contributed by atoms with Crippen molar-refractivity contribution in [2.24, 2.45) is 0 Å². The molecule has 28 heavy (non-hydrogen) atoms. The first-order valence-corrected chi connectivity index (χ1v) is 10.1. The number of carbonyl (C=O) groups excluding carboxylic acids is 1. The van der Waals surface area contributed by atoms with Gasteiger partial charge in [-0.25, -0.2) is 9.78 Å². The number of rotatable bonds is 6. The minimum absolute atomic E-state index is 0.175. The van der Waals surface area contributed by atoms with Crippen molar-refractivity contribution in [3.63, 3.8) is 0 Å². The van der Waals surface area contributed by atoms with Crippen LogP contribution in [0, 0.1) is 0 Å². The van der Waals surface area contributed by atoms with Gasteiger partial charge in [0, 0.05) is 37.1 Å². The van der Waals surface area contributed by atoms with Crippen molar-refractivity contribution >= 4 is 40.6 Å². The van der Waals surface area contributed by atoms with Gasteiger partial charge in [-0.15, -0.1) is 10.2 Å². The Labute approximate surface area is 171 Å². The third-order valence-corrected chi connectivity index (χ3v) is 5.43. The van der Waals surface area contributed by atoms with Gasteiger partial charge in [-0.3, -0.25) is 4.79 Å². The third-order valence-electron chi connectivity index (χ3n) is 4.28. The first-order valence-electron chi connectivity index (χ1n) is 8.89. The van der Waals surface area contributed by atoms with Gasteiger partial charge in [0.1, 0.15) is 5.15 Å². The van der Waals surface area contributed by atoms with Crippen LogP contribution in [0.3, 0.4) is 0 Å². The zero-order valence-corrected chi connectivity index (χ0v) is 17.0. The fourth-order valence-electron chi connectivity index (χ4n) is 3.09. The van der Waals surface area contributed by atoms with Crippen LogP contribution in [0.25, 0.3) is 10.6 Å². The van der Waals surface area contributed by atoms with Gasteiger partial charge in [-0.1, -0.05) is 22.9 Å². The predicted octanol–water partition coefficient (Wildman–Crippen LogP) is 2.95. The van der Waals surface area contributed by atoms with Gasteiger partial charge < -0.3 is 20.6 Å². The molecule has 0 radical (unpaired) electrons. The lowest BCUT2D eigenvalue weighted by molar-refractivity contribution is 0.0733. The Morgan fingerprint density at radius 2 is 2.21 bits per heavy atom. The van der Waals surface area contributed by atoms with Crippen molar-refractivity contribution in [2.75, 3.05) is 18.4 Å². The van der Waals surface area contributed by atoms with Crippen molar-refractivity contribution in [3.8, 4) is 10.6 Å². The Hall–Kier alpha value is -2.46. The highest BCUT2D eigenvalue weighted by atomic mass is 35.5. The van der Waals surface area contributed by atoms with Gasteiger partial charge in [-0.05, 0) is 32.8 Å².